The molecule has 1 amide bonds. The number of para-hydroxylation sites is 1. The van der Waals surface area contributed by atoms with Crippen LogP contribution in [-0.2, 0) is 6.42 Å². The summed E-state index contributed by atoms with van der Waals surface area (Å²) in [5, 5.41) is 4.25. The second-order valence-electron chi connectivity index (χ2n) is 7.20. The van der Waals surface area contributed by atoms with Gasteiger partial charge in [-0.15, -0.1) is 0 Å². The van der Waals surface area contributed by atoms with Crippen LogP contribution in [0.2, 0.25) is 0 Å². The van der Waals surface area contributed by atoms with Crippen LogP contribution in [0.4, 0.5) is 5.69 Å². The zero-order valence-corrected chi connectivity index (χ0v) is 15.6. The average Bonchev–Trinajstić information content (AvgIpc) is 2.93. The van der Waals surface area contributed by atoms with Crippen molar-refractivity contribution in [2.24, 2.45) is 0 Å². The number of nitrogens with one attached hydrogen (secondary N) is 2. The highest BCUT2D eigenvalue weighted by molar-refractivity contribution is 5.94. The molecule has 1 saturated heterocycles. The number of anilines is 1. The van der Waals surface area contributed by atoms with Gasteiger partial charge in [-0.05, 0) is 37.0 Å². The van der Waals surface area contributed by atoms with E-state index < -0.39 is 0 Å². The first kappa shape index (κ1) is 17.6. The highest BCUT2D eigenvalue weighted by Crippen LogP contribution is 2.20. The van der Waals surface area contributed by atoms with E-state index in [1.807, 2.05) is 30.6 Å². The molecular formula is C22H26N4O. The van der Waals surface area contributed by atoms with E-state index in [9.17, 15) is 4.79 Å². The second kappa shape index (κ2) is 8.25. The van der Waals surface area contributed by atoms with Crippen molar-refractivity contribution in [3.05, 3.63) is 60.0 Å². The van der Waals surface area contributed by atoms with Crippen molar-refractivity contribution in [2.75, 3.05) is 24.5 Å². The smallest absolute Gasteiger partial charge is 0.252 e. The monoisotopic (exact) mass is 362 g/mol. The summed E-state index contributed by atoms with van der Waals surface area (Å²) in [5.41, 5.74) is 4.05. The molecule has 0 radical (unpaired) electrons. The molecule has 0 aliphatic carbocycles. The van der Waals surface area contributed by atoms with Crippen molar-refractivity contribution in [1.82, 2.24) is 15.3 Å². The Morgan fingerprint density at radius 1 is 1.11 bits per heavy atom. The Balaban J connectivity index is 1.37. The van der Waals surface area contributed by atoms with E-state index in [0.717, 1.165) is 30.7 Å². The second-order valence-corrected chi connectivity index (χ2v) is 7.20. The van der Waals surface area contributed by atoms with Gasteiger partial charge in [-0.25, -0.2) is 0 Å². The summed E-state index contributed by atoms with van der Waals surface area (Å²) in [6.07, 6.45) is 11.3. The molecule has 2 N–H and O–H groups in total. The zero-order chi connectivity index (χ0) is 18.5. The third kappa shape index (κ3) is 4.13. The molecule has 1 aliphatic heterocycles. The van der Waals surface area contributed by atoms with Gasteiger partial charge in [-0.3, -0.25) is 9.78 Å². The maximum absolute atomic E-state index is 12.6. The van der Waals surface area contributed by atoms with E-state index in [1.165, 1.54) is 36.6 Å². The molecule has 1 aliphatic rings. The minimum atomic E-state index is -0.0565. The number of benzene rings is 1. The number of rotatable bonds is 5. The normalized spacial score (nSPS) is 14.9. The molecule has 27 heavy (non-hydrogen) atoms. The van der Waals surface area contributed by atoms with Crippen molar-refractivity contribution in [2.45, 2.75) is 32.1 Å². The number of carbonyl (C=O) groups excluding carboxylic acids is 1. The van der Waals surface area contributed by atoms with Gasteiger partial charge in [0.1, 0.15) is 0 Å². The van der Waals surface area contributed by atoms with E-state index in [0.29, 0.717) is 12.1 Å². The molecule has 0 saturated carbocycles. The van der Waals surface area contributed by atoms with Gasteiger partial charge < -0.3 is 15.2 Å². The summed E-state index contributed by atoms with van der Waals surface area (Å²) < 4.78 is 0. The summed E-state index contributed by atoms with van der Waals surface area (Å²) in [4.78, 5) is 22.5. The molecule has 3 heterocycles. The van der Waals surface area contributed by atoms with Gasteiger partial charge in [-0.2, -0.15) is 0 Å². The molecule has 5 nitrogen and oxygen atoms in total. The fraction of sp³-hybridized carbons (Fsp3) is 0.364. The maximum atomic E-state index is 12.6. The van der Waals surface area contributed by atoms with Crippen molar-refractivity contribution in [1.29, 1.82) is 0 Å². The molecule has 0 bridgehead atoms. The molecule has 3 aromatic rings. The van der Waals surface area contributed by atoms with E-state index in [4.69, 9.17) is 0 Å². The van der Waals surface area contributed by atoms with Crippen LogP contribution in [0.25, 0.3) is 10.9 Å². The molecule has 5 heteroatoms. The van der Waals surface area contributed by atoms with Gasteiger partial charge in [0.05, 0.1) is 17.4 Å². The quantitative estimate of drug-likeness (QED) is 0.723. The van der Waals surface area contributed by atoms with Gasteiger partial charge in [0.2, 0.25) is 0 Å². The van der Waals surface area contributed by atoms with Gasteiger partial charge in [0, 0.05) is 42.9 Å². The Hall–Kier alpha value is -2.82. The molecule has 140 valence electrons. The Kier molecular flexibility index (Phi) is 5.37. The molecule has 4 rings (SSSR count). The molecule has 1 fully saturated rings. The molecule has 2 aromatic heterocycles. The van der Waals surface area contributed by atoms with Crippen LogP contribution in [0, 0.1) is 0 Å². The molecule has 0 atom stereocenters. The van der Waals surface area contributed by atoms with E-state index in [1.54, 1.807) is 6.20 Å². The number of nitrogens with zero attached hydrogens (tertiary/aromatic N) is 2. The van der Waals surface area contributed by atoms with Crippen LogP contribution in [0.15, 0.2) is 48.9 Å². The third-order valence-corrected chi connectivity index (χ3v) is 5.31. The number of amides is 1. The third-order valence-electron chi connectivity index (χ3n) is 5.31. The fourth-order valence-corrected chi connectivity index (χ4v) is 3.81. The largest absolute Gasteiger partial charge is 0.370 e. The van der Waals surface area contributed by atoms with E-state index in [2.05, 4.69) is 32.3 Å². The van der Waals surface area contributed by atoms with Crippen molar-refractivity contribution >= 4 is 22.5 Å². The number of pyridine rings is 1. The van der Waals surface area contributed by atoms with Crippen LogP contribution in [0.5, 0.6) is 0 Å². The number of hydrogen-bond acceptors (Lipinski definition) is 3. The molecular weight excluding hydrogens is 336 g/mol. The topological polar surface area (TPSA) is 61.0 Å². The molecule has 0 unspecified atom stereocenters. The predicted octanol–water partition coefficient (Wildman–Crippen LogP) is 3.92. The number of hydrogen-bond donors (Lipinski definition) is 2. The highest BCUT2D eigenvalue weighted by Gasteiger charge is 2.13. The number of H-pyrrole nitrogens is 1. The maximum Gasteiger partial charge on any atom is 0.252 e. The SMILES string of the molecule is O=C(NCCc1c[nH]c2ccccc12)c1cncc(N2CCCCCC2)c1. The van der Waals surface area contributed by atoms with Gasteiger partial charge in [0.15, 0.2) is 0 Å². The van der Waals surface area contributed by atoms with E-state index >= 15 is 0 Å². The minimum Gasteiger partial charge on any atom is -0.370 e. The van der Waals surface area contributed by atoms with Crippen LogP contribution < -0.4 is 10.2 Å². The summed E-state index contributed by atoms with van der Waals surface area (Å²) in [7, 11) is 0. The summed E-state index contributed by atoms with van der Waals surface area (Å²) in [5.74, 6) is -0.0565. The standard InChI is InChI=1S/C22H26N4O/c27-22(24-10-9-17-15-25-21-8-4-3-7-20(17)21)18-13-19(16-23-14-18)26-11-5-1-2-6-12-26/h3-4,7-8,13-16,25H,1-2,5-6,9-12H2,(H,24,27). The summed E-state index contributed by atoms with van der Waals surface area (Å²) in [6, 6.07) is 10.2. The van der Waals surface area contributed by atoms with E-state index in [-0.39, 0.29) is 5.91 Å². The Labute approximate surface area is 159 Å². The van der Waals surface area contributed by atoms with Crippen molar-refractivity contribution in [3.63, 3.8) is 0 Å². The first-order valence-corrected chi connectivity index (χ1v) is 9.84. The van der Waals surface area contributed by atoms with Crippen molar-refractivity contribution in [3.8, 4) is 0 Å². The molecule has 1 aromatic carbocycles. The lowest BCUT2D eigenvalue weighted by Crippen LogP contribution is -2.27. The Bertz CT molecular complexity index is 909. The number of aromatic nitrogens is 2. The number of carbonyl (C=O) groups is 1. The minimum absolute atomic E-state index is 0.0565. The van der Waals surface area contributed by atoms with Crippen LogP contribution in [0.1, 0.15) is 41.6 Å². The number of aromatic amines is 1. The summed E-state index contributed by atoms with van der Waals surface area (Å²) >= 11 is 0. The van der Waals surface area contributed by atoms with Gasteiger partial charge >= 0.3 is 0 Å². The first-order chi connectivity index (χ1) is 13.3. The van der Waals surface area contributed by atoms with Gasteiger partial charge in [-0.1, -0.05) is 31.0 Å². The zero-order valence-electron chi connectivity index (χ0n) is 15.6. The highest BCUT2D eigenvalue weighted by atomic mass is 16.1. The average molecular weight is 362 g/mol. The predicted molar refractivity (Wildman–Crippen MR) is 109 cm³/mol. The lowest BCUT2D eigenvalue weighted by molar-refractivity contribution is 0.0954. The Morgan fingerprint density at radius 2 is 1.93 bits per heavy atom. The van der Waals surface area contributed by atoms with Crippen LogP contribution in [-0.4, -0.2) is 35.5 Å². The van der Waals surface area contributed by atoms with Crippen LogP contribution in [0.3, 0.4) is 0 Å². The lowest BCUT2D eigenvalue weighted by Gasteiger charge is -2.22. The van der Waals surface area contributed by atoms with Crippen molar-refractivity contribution < 1.29 is 4.79 Å². The fourth-order valence-electron chi connectivity index (χ4n) is 3.81. The summed E-state index contributed by atoms with van der Waals surface area (Å²) in [6.45, 7) is 2.70. The molecule has 0 spiro atoms. The first-order valence-electron chi connectivity index (χ1n) is 9.84. The van der Waals surface area contributed by atoms with Crippen LogP contribution >= 0.6 is 0 Å². The lowest BCUT2D eigenvalue weighted by atomic mass is 10.1. The number of fused-ring (bicyclic) bond motifs is 1. The Morgan fingerprint density at radius 3 is 2.78 bits per heavy atom. The van der Waals surface area contributed by atoms with Gasteiger partial charge in [0.25, 0.3) is 5.91 Å².